The maximum atomic E-state index is 10.8. The third-order valence-electron chi connectivity index (χ3n) is 2.22. The number of primary amides is 1. The second-order valence-corrected chi connectivity index (χ2v) is 3.55. The molecule has 0 aliphatic rings. The van der Waals surface area contributed by atoms with Crippen LogP contribution in [0.5, 0.6) is 11.6 Å². The number of hydrogen-bond donors (Lipinski definition) is 2. The van der Waals surface area contributed by atoms with Gasteiger partial charge < -0.3 is 15.6 Å². The standard InChI is InChI=1S/C12H9N3O4/c13-11(16)9-5-6-10(15-14-9)19-8-3-1-7(2-4-8)12(17)18/h1-6H,(H2,13,16)(H,17,18). The summed E-state index contributed by atoms with van der Waals surface area (Å²) in [6.45, 7) is 0. The SMILES string of the molecule is NC(=O)c1ccc(Oc2ccc(C(=O)O)cc2)nn1. The van der Waals surface area contributed by atoms with Crippen molar-refractivity contribution >= 4 is 11.9 Å². The van der Waals surface area contributed by atoms with E-state index in [0.717, 1.165) is 0 Å². The molecule has 7 nitrogen and oxygen atoms in total. The monoisotopic (exact) mass is 259 g/mol. The Morgan fingerprint density at radius 3 is 2.21 bits per heavy atom. The molecular formula is C12H9N3O4. The van der Waals surface area contributed by atoms with Crippen LogP contribution in [0.4, 0.5) is 0 Å². The molecule has 1 heterocycles. The number of aromatic carboxylic acids is 1. The highest BCUT2D eigenvalue weighted by Crippen LogP contribution is 2.19. The van der Waals surface area contributed by atoms with Gasteiger partial charge in [-0.1, -0.05) is 0 Å². The highest BCUT2D eigenvalue weighted by Gasteiger charge is 2.06. The normalized spacial score (nSPS) is 9.89. The van der Waals surface area contributed by atoms with E-state index in [-0.39, 0.29) is 17.1 Å². The van der Waals surface area contributed by atoms with E-state index in [4.69, 9.17) is 15.6 Å². The van der Waals surface area contributed by atoms with E-state index in [0.29, 0.717) is 5.75 Å². The minimum absolute atomic E-state index is 0.0357. The maximum absolute atomic E-state index is 10.8. The van der Waals surface area contributed by atoms with Gasteiger partial charge >= 0.3 is 5.97 Å². The first-order valence-electron chi connectivity index (χ1n) is 5.21. The van der Waals surface area contributed by atoms with Crippen molar-refractivity contribution in [1.82, 2.24) is 10.2 Å². The Labute approximate surface area is 107 Å². The van der Waals surface area contributed by atoms with Crippen LogP contribution in [0, 0.1) is 0 Å². The van der Waals surface area contributed by atoms with Gasteiger partial charge in [-0.05, 0) is 30.3 Å². The van der Waals surface area contributed by atoms with Gasteiger partial charge in [-0.3, -0.25) is 4.79 Å². The van der Waals surface area contributed by atoms with Crippen LogP contribution in [0.15, 0.2) is 36.4 Å². The van der Waals surface area contributed by atoms with Gasteiger partial charge in [0, 0.05) is 6.07 Å². The largest absolute Gasteiger partial charge is 0.478 e. The van der Waals surface area contributed by atoms with Crippen LogP contribution in [0.2, 0.25) is 0 Å². The van der Waals surface area contributed by atoms with E-state index >= 15 is 0 Å². The number of rotatable bonds is 4. The van der Waals surface area contributed by atoms with Crippen LogP contribution < -0.4 is 10.5 Å². The molecule has 0 aliphatic carbocycles. The van der Waals surface area contributed by atoms with Crippen LogP contribution >= 0.6 is 0 Å². The number of aromatic nitrogens is 2. The molecule has 0 saturated heterocycles. The van der Waals surface area contributed by atoms with E-state index in [1.165, 1.54) is 36.4 Å². The van der Waals surface area contributed by atoms with Gasteiger partial charge in [-0.25, -0.2) is 4.79 Å². The molecule has 19 heavy (non-hydrogen) atoms. The van der Waals surface area contributed by atoms with Crippen molar-refractivity contribution in [1.29, 1.82) is 0 Å². The topological polar surface area (TPSA) is 115 Å². The van der Waals surface area contributed by atoms with Gasteiger partial charge in [0.25, 0.3) is 5.91 Å². The molecule has 2 rings (SSSR count). The van der Waals surface area contributed by atoms with Crippen molar-refractivity contribution in [2.24, 2.45) is 5.73 Å². The average molecular weight is 259 g/mol. The molecule has 1 aromatic carbocycles. The van der Waals surface area contributed by atoms with Gasteiger partial charge in [0.05, 0.1) is 5.56 Å². The number of nitrogens with two attached hydrogens (primary N) is 1. The lowest BCUT2D eigenvalue weighted by Gasteiger charge is -2.04. The van der Waals surface area contributed by atoms with Crippen LogP contribution in [-0.2, 0) is 0 Å². The Morgan fingerprint density at radius 2 is 1.74 bits per heavy atom. The van der Waals surface area contributed by atoms with Crippen molar-refractivity contribution < 1.29 is 19.4 Å². The van der Waals surface area contributed by atoms with Crippen molar-refractivity contribution in [3.8, 4) is 11.6 Å². The number of ether oxygens (including phenoxy) is 1. The van der Waals surface area contributed by atoms with E-state index in [1.54, 1.807) is 0 Å². The fourth-order valence-corrected chi connectivity index (χ4v) is 1.29. The molecule has 3 N–H and O–H groups in total. The summed E-state index contributed by atoms with van der Waals surface area (Å²) < 4.78 is 5.33. The van der Waals surface area contributed by atoms with Gasteiger partial charge in [0.15, 0.2) is 5.69 Å². The molecule has 0 radical (unpaired) electrons. The molecule has 0 bridgehead atoms. The minimum Gasteiger partial charge on any atom is -0.478 e. The summed E-state index contributed by atoms with van der Waals surface area (Å²) in [7, 11) is 0. The average Bonchev–Trinajstić information content (AvgIpc) is 2.40. The van der Waals surface area contributed by atoms with Gasteiger partial charge in [0.1, 0.15) is 5.75 Å². The lowest BCUT2D eigenvalue weighted by molar-refractivity contribution is 0.0696. The number of hydrogen-bond acceptors (Lipinski definition) is 5. The lowest BCUT2D eigenvalue weighted by Crippen LogP contribution is -2.13. The first-order valence-corrected chi connectivity index (χ1v) is 5.21. The Hall–Kier alpha value is -2.96. The molecule has 0 fully saturated rings. The molecule has 0 aliphatic heterocycles. The number of nitrogens with zero attached hydrogens (tertiary/aromatic N) is 2. The molecule has 1 amide bonds. The Morgan fingerprint density at radius 1 is 1.05 bits per heavy atom. The van der Waals surface area contributed by atoms with Crippen molar-refractivity contribution in [3.63, 3.8) is 0 Å². The summed E-state index contributed by atoms with van der Waals surface area (Å²) >= 11 is 0. The quantitative estimate of drug-likeness (QED) is 0.848. The van der Waals surface area contributed by atoms with E-state index in [1.807, 2.05) is 0 Å². The summed E-state index contributed by atoms with van der Waals surface area (Å²) in [4.78, 5) is 21.5. The zero-order chi connectivity index (χ0) is 13.8. The highest BCUT2D eigenvalue weighted by molar-refractivity contribution is 5.90. The number of carbonyl (C=O) groups is 2. The van der Waals surface area contributed by atoms with E-state index < -0.39 is 11.9 Å². The van der Waals surface area contributed by atoms with Crippen molar-refractivity contribution in [3.05, 3.63) is 47.7 Å². The van der Waals surface area contributed by atoms with Gasteiger partial charge in [0.2, 0.25) is 5.88 Å². The maximum Gasteiger partial charge on any atom is 0.335 e. The van der Waals surface area contributed by atoms with Crippen molar-refractivity contribution in [2.45, 2.75) is 0 Å². The van der Waals surface area contributed by atoms with Crippen molar-refractivity contribution in [2.75, 3.05) is 0 Å². The van der Waals surface area contributed by atoms with E-state index in [9.17, 15) is 9.59 Å². The zero-order valence-electron chi connectivity index (χ0n) is 9.61. The van der Waals surface area contributed by atoms with Gasteiger partial charge in [-0.2, -0.15) is 0 Å². The predicted molar refractivity (Wildman–Crippen MR) is 64.0 cm³/mol. The smallest absolute Gasteiger partial charge is 0.335 e. The second kappa shape index (κ2) is 5.13. The zero-order valence-corrected chi connectivity index (χ0v) is 9.61. The minimum atomic E-state index is -1.02. The number of carbonyl (C=O) groups excluding carboxylic acids is 1. The first kappa shape index (κ1) is 12.5. The lowest BCUT2D eigenvalue weighted by atomic mass is 10.2. The van der Waals surface area contributed by atoms with Crippen LogP contribution in [0.25, 0.3) is 0 Å². The molecule has 0 atom stereocenters. The molecule has 2 aromatic rings. The third-order valence-corrected chi connectivity index (χ3v) is 2.22. The third kappa shape index (κ3) is 3.03. The summed E-state index contributed by atoms with van der Waals surface area (Å²) in [6.07, 6.45) is 0. The molecule has 0 saturated carbocycles. The fourth-order valence-electron chi connectivity index (χ4n) is 1.29. The molecule has 7 heteroatoms. The summed E-state index contributed by atoms with van der Waals surface area (Å²) in [5, 5.41) is 16.0. The highest BCUT2D eigenvalue weighted by atomic mass is 16.5. The number of carboxylic acids is 1. The fraction of sp³-hybridized carbons (Fsp3) is 0. The Kier molecular flexibility index (Phi) is 3.37. The van der Waals surface area contributed by atoms with Crippen LogP contribution in [0.1, 0.15) is 20.8 Å². The molecule has 1 aromatic heterocycles. The summed E-state index contributed by atoms with van der Waals surface area (Å²) in [5.74, 6) is -1.11. The van der Waals surface area contributed by atoms with Crippen LogP contribution in [-0.4, -0.2) is 27.2 Å². The summed E-state index contributed by atoms with van der Waals surface area (Å²) in [6, 6.07) is 8.63. The Bertz CT molecular complexity index is 552. The molecular weight excluding hydrogens is 250 g/mol. The summed E-state index contributed by atoms with van der Waals surface area (Å²) in [5.41, 5.74) is 5.21. The number of carboxylic acid groups (broad SMARTS) is 1. The molecule has 0 unspecified atom stereocenters. The predicted octanol–water partition coefficient (Wildman–Crippen LogP) is 1.07. The number of amides is 1. The van der Waals surface area contributed by atoms with Gasteiger partial charge in [-0.15, -0.1) is 10.2 Å². The first-order chi connectivity index (χ1) is 9.06. The second-order valence-electron chi connectivity index (χ2n) is 3.55. The molecule has 0 spiro atoms. The number of benzene rings is 1. The molecule has 96 valence electrons. The van der Waals surface area contributed by atoms with Crippen LogP contribution in [0.3, 0.4) is 0 Å². The Balaban J connectivity index is 2.12. The van der Waals surface area contributed by atoms with E-state index in [2.05, 4.69) is 10.2 Å².